The lowest BCUT2D eigenvalue weighted by atomic mass is 9.94. The van der Waals surface area contributed by atoms with Gasteiger partial charge in [0.25, 0.3) is 0 Å². The minimum Gasteiger partial charge on any atom is -0.288 e. The van der Waals surface area contributed by atoms with Crippen molar-refractivity contribution in [2.24, 2.45) is 10.9 Å². The summed E-state index contributed by atoms with van der Waals surface area (Å²) in [6.07, 6.45) is 5.49. The molecule has 0 heterocycles. The van der Waals surface area contributed by atoms with Crippen molar-refractivity contribution in [2.45, 2.75) is 34.1 Å². The quantitative estimate of drug-likeness (QED) is 0.516. The molecule has 102 valence electrons. The minimum atomic E-state index is 0.648. The van der Waals surface area contributed by atoms with Crippen LogP contribution in [0, 0.1) is 5.92 Å². The van der Waals surface area contributed by atoms with Gasteiger partial charge in [-0.2, -0.15) is 0 Å². The zero-order valence-electron chi connectivity index (χ0n) is 12.8. The second kappa shape index (κ2) is 7.73. The molecule has 0 aliphatic heterocycles. The first-order valence-corrected chi connectivity index (χ1v) is 6.94. The Balaban J connectivity index is 3.12. The molecule has 0 unspecified atom stereocenters. The van der Waals surface area contributed by atoms with Crippen LogP contribution in [0.4, 0.5) is 0 Å². The van der Waals surface area contributed by atoms with Gasteiger partial charge in [0.05, 0.1) is 5.71 Å². The molecule has 0 bridgehead atoms. The molecule has 1 nitrogen and oxygen atoms in total. The van der Waals surface area contributed by atoms with Crippen molar-refractivity contribution in [3.8, 4) is 0 Å². The number of nitrogens with zero attached hydrogens (tertiary/aromatic N) is 1. The molecule has 0 amide bonds. The van der Waals surface area contributed by atoms with Gasteiger partial charge in [0.1, 0.15) is 0 Å². The van der Waals surface area contributed by atoms with Gasteiger partial charge >= 0.3 is 0 Å². The van der Waals surface area contributed by atoms with Gasteiger partial charge < -0.3 is 0 Å². The highest BCUT2D eigenvalue weighted by atomic mass is 14.7. The summed E-state index contributed by atoms with van der Waals surface area (Å²) in [5.74, 6) is 0.648. The first-order chi connectivity index (χ1) is 9.08. The second-order valence-corrected chi connectivity index (χ2v) is 5.21. The van der Waals surface area contributed by atoms with Crippen LogP contribution in [0.25, 0.3) is 0 Å². The largest absolute Gasteiger partial charge is 0.288 e. The minimum absolute atomic E-state index is 0.648. The van der Waals surface area contributed by atoms with Gasteiger partial charge in [-0.1, -0.05) is 55.8 Å². The summed E-state index contributed by atoms with van der Waals surface area (Å²) < 4.78 is 0. The highest BCUT2D eigenvalue weighted by Gasteiger charge is 2.06. The van der Waals surface area contributed by atoms with Gasteiger partial charge in [0.15, 0.2) is 0 Å². The molecule has 1 aromatic carbocycles. The molecule has 1 rings (SSSR count). The molecule has 19 heavy (non-hydrogen) atoms. The van der Waals surface area contributed by atoms with E-state index < -0.39 is 0 Å². The van der Waals surface area contributed by atoms with Crippen LogP contribution >= 0.6 is 0 Å². The van der Waals surface area contributed by atoms with Crippen molar-refractivity contribution in [3.05, 3.63) is 59.2 Å². The molecular formula is C18H25N. The van der Waals surface area contributed by atoms with Crippen LogP contribution in [-0.4, -0.2) is 12.8 Å². The molecule has 0 N–H and O–H groups in total. The number of hydrogen-bond acceptors (Lipinski definition) is 1. The zero-order valence-corrected chi connectivity index (χ0v) is 12.8. The Labute approximate surface area is 117 Å². The number of allylic oxidation sites excluding steroid dienone is 4. The average Bonchev–Trinajstić information content (AvgIpc) is 2.43. The van der Waals surface area contributed by atoms with Gasteiger partial charge in [-0.25, -0.2) is 0 Å². The topological polar surface area (TPSA) is 12.4 Å². The van der Waals surface area contributed by atoms with E-state index in [-0.39, 0.29) is 0 Å². The standard InChI is InChI=1S/C18H25N/c1-6-15(4)17(12-14(2)3)13-18(19-5)16-10-8-7-9-11-16/h6-11,13-14H,12H2,1-5H3/b15-6-,17-13-,19-18-. The molecule has 0 fully saturated rings. The Bertz CT molecular complexity index is 476. The van der Waals surface area contributed by atoms with Crippen LogP contribution in [0.2, 0.25) is 0 Å². The summed E-state index contributed by atoms with van der Waals surface area (Å²) in [6.45, 7) is 8.77. The highest BCUT2D eigenvalue weighted by molar-refractivity contribution is 6.09. The van der Waals surface area contributed by atoms with Gasteiger partial charge in [0, 0.05) is 7.05 Å². The Hall–Kier alpha value is -1.63. The normalized spacial score (nSPS) is 14.1. The molecule has 1 aromatic rings. The predicted molar refractivity (Wildman–Crippen MR) is 85.9 cm³/mol. The summed E-state index contributed by atoms with van der Waals surface area (Å²) in [7, 11) is 1.86. The van der Waals surface area contributed by atoms with E-state index in [2.05, 4.69) is 69.1 Å². The number of aliphatic imine (C=N–C) groups is 1. The van der Waals surface area contributed by atoms with Crippen molar-refractivity contribution >= 4 is 5.71 Å². The van der Waals surface area contributed by atoms with Crippen LogP contribution in [-0.2, 0) is 0 Å². The maximum atomic E-state index is 4.44. The van der Waals surface area contributed by atoms with Gasteiger partial charge in [-0.05, 0) is 43.4 Å². The van der Waals surface area contributed by atoms with Crippen LogP contribution in [0.1, 0.15) is 39.7 Å². The highest BCUT2D eigenvalue weighted by Crippen LogP contribution is 2.20. The first-order valence-electron chi connectivity index (χ1n) is 6.94. The van der Waals surface area contributed by atoms with Gasteiger partial charge in [0.2, 0.25) is 0 Å². The molecule has 0 aromatic heterocycles. The lowest BCUT2D eigenvalue weighted by Gasteiger charge is -2.12. The lowest BCUT2D eigenvalue weighted by Crippen LogP contribution is -2.01. The summed E-state index contributed by atoms with van der Waals surface area (Å²) >= 11 is 0. The summed E-state index contributed by atoms with van der Waals surface area (Å²) in [5.41, 5.74) is 4.94. The fraction of sp³-hybridized carbons (Fsp3) is 0.389. The zero-order chi connectivity index (χ0) is 14.3. The first kappa shape index (κ1) is 15.4. The third-order valence-corrected chi connectivity index (χ3v) is 3.19. The molecule has 0 saturated heterocycles. The van der Waals surface area contributed by atoms with E-state index in [1.165, 1.54) is 16.7 Å². The van der Waals surface area contributed by atoms with E-state index in [9.17, 15) is 0 Å². The fourth-order valence-electron chi connectivity index (χ4n) is 2.01. The van der Waals surface area contributed by atoms with Crippen LogP contribution < -0.4 is 0 Å². The number of hydrogen-bond donors (Lipinski definition) is 0. The van der Waals surface area contributed by atoms with Crippen molar-refractivity contribution < 1.29 is 0 Å². The summed E-state index contributed by atoms with van der Waals surface area (Å²) in [4.78, 5) is 4.44. The summed E-state index contributed by atoms with van der Waals surface area (Å²) in [5, 5.41) is 0. The summed E-state index contributed by atoms with van der Waals surface area (Å²) in [6, 6.07) is 10.4. The van der Waals surface area contributed by atoms with Crippen molar-refractivity contribution in [3.63, 3.8) is 0 Å². The van der Waals surface area contributed by atoms with Crippen molar-refractivity contribution in [1.82, 2.24) is 0 Å². The molecule has 0 aliphatic carbocycles. The van der Waals surface area contributed by atoms with E-state index in [0.717, 1.165) is 12.1 Å². The second-order valence-electron chi connectivity index (χ2n) is 5.21. The van der Waals surface area contributed by atoms with Crippen LogP contribution in [0.5, 0.6) is 0 Å². The Morgan fingerprint density at radius 1 is 1.21 bits per heavy atom. The predicted octanol–water partition coefficient (Wildman–Crippen LogP) is 5.04. The van der Waals surface area contributed by atoms with E-state index in [1.54, 1.807) is 0 Å². The van der Waals surface area contributed by atoms with Gasteiger partial charge in [-0.3, -0.25) is 4.99 Å². The van der Waals surface area contributed by atoms with Crippen molar-refractivity contribution in [1.29, 1.82) is 0 Å². The average molecular weight is 255 g/mol. The molecule has 0 saturated carbocycles. The molecular weight excluding hydrogens is 230 g/mol. The SMILES string of the molecule is C\C=C(C)/C(=C\C(=N\C)c1ccccc1)CC(C)C. The molecule has 0 atom stereocenters. The Kier molecular flexibility index (Phi) is 6.27. The van der Waals surface area contributed by atoms with Crippen LogP contribution in [0.3, 0.4) is 0 Å². The Morgan fingerprint density at radius 3 is 2.32 bits per heavy atom. The number of rotatable bonds is 5. The Morgan fingerprint density at radius 2 is 1.84 bits per heavy atom. The third-order valence-electron chi connectivity index (χ3n) is 3.19. The lowest BCUT2D eigenvalue weighted by molar-refractivity contribution is 0.646. The fourth-order valence-corrected chi connectivity index (χ4v) is 2.01. The number of benzene rings is 1. The monoisotopic (exact) mass is 255 g/mol. The maximum Gasteiger partial charge on any atom is 0.0645 e. The van der Waals surface area contributed by atoms with Gasteiger partial charge in [-0.15, -0.1) is 0 Å². The van der Waals surface area contributed by atoms with Crippen LogP contribution in [0.15, 0.2) is 58.6 Å². The van der Waals surface area contributed by atoms with E-state index >= 15 is 0 Å². The molecule has 1 heteroatoms. The van der Waals surface area contributed by atoms with E-state index in [1.807, 2.05) is 13.1 Å². The van der Waals surface area contributed by atoms with E-state index in [4.69, 9.17) is 0 Å². The third kappa shape index (κ3) is 4.86. The smallest absolute Gasteiger partial charge is 0.0645 e. The molecule has 0 spiro atoms. The molecule has 0 radical (unpaired) electrons. The maximum absolute atomic E-state index is 4.44. The van der Waals surface area contributed by atoms with E-state index in [0.29, 0.717) is 5.92 Å². The molecule has 0 aliphatic rings. The van der Waals surface area contributed by atoms with Crippen molar-refractivity contribution in [2.75, 3.05) is 7.05 Å².